The number of fused-ring (bicyclic) bond motifs is 1. The van der Waals surface area contributed by atoms with Gasteiger partial charge in [-0.15, -0.1) is 0 Å². The quantitative estimate of drug-likeness (QED) is 0.689. The van der Waals surface area contributed by atoms with Crippen LogP contribution in [-0.2, 0) is 13.0 Å². The molecule has 2 heterocycles. The normalized spacial score (nSPS) is 11.0. The molecule has 5 heteroatoms. The van der Waals surface area contributed by atoms with E-state index in [4.69, 9.17) is 0 Å². The smallest absolute Gasteiger partial charge is 0.253 e. The lowest BCUT2D eigenvalue weighted by Gasteiger charge is -2.06. The molecule has 108 valence electrons. The van der Waals surface area contributed by atoms with Gasteiger partial charge in [0.1, 0.15) is 5.82 Å². The Labute approximate surface area is 122 Å². The molecule has 0 spiro atoms. The maximum atomic E-state index is 12.1. The van der Waals surface area contributed by atoms with Gasteiger partial charge in [0.2, 0.25) is 0 Å². The second kappa shape index (κ2) is 5.44. The van der Waals surface area contributed by atoms with Crippen LogP contribution in [0.15, 0.2) is 35.1 Å². The maximum absolute atomic E-state index is 12.1. The molecule has 0 radical (unpaired) electrons. The van der Waals surface area contributed by atoms with Crippen molar-refractivity contribution in [3.8, 4) is 0 Å². The Hall–Kier alpha value is -2.56. The van der Waals surface area contributed by atoms with Crippen molar-refractivity contribution in [3.63, 3.8) is 0 Å². The number of nitrogens with zero attached hydrogens (tertiary/aromatic N) is 1. The Morgan fingerprint density at radius 2 is 2.10 bits per heavy atom. The first-order chi connectivity index (χ1) is 10.2. The van der Waals surface area contributed by atoms with E-state index < -0.39 is 0 Å². The Bertz CT molecular complexity index is 832. The number of hydrogen-bond donors (Lipinski definition) is 3. The Morgan fingerprint density at radius 3 is 2.81 bits per heavy atom. The molecule has 0 aliphatic carbocycles. The van der Waals surface area contributed by atoms with E-state index in [1.54, 1.807) is 0 Å². The van der Waals surface area contributed by atoms with Crippen molar-refractivity contribution in [2.24, 2.45) is 0 Å². The second-order valence-corrected chi connectivity index (χ2v) is 5.19. The predicted octanol–water partition coefficient (Wildman–Crippen LogP) is 2.73. The monoisotopic (exact) mass is 282 g/mol. The molecule has 0 aliphatic rings. The van der Waals surface area contributed by atoms with E-state index >= 15 is 0 Å². The highest BCUT2D eigenvalue weighted by atomic mass is 16.1. The molecule has 21 heavy (non-hydrogen) atoms. The molecule has 5 nitrogen and oxygen atoms in total. The number of aryl methyl sites for hydroxylation is 2. The van der Waals surface area contributed by atoms with Gasteiger partial charge in [-0.3, -0.25) is 9.89 Å². The third-order valence-corrected chi connectivity index (χ3v) is 3.56. The molecule has 0 amide bonds. The van der Waals surface area contributed by atoms with E-state index in [0.717, 1.165) is 28.8 Å². The van der Waals surface area contributed by atoms with Crippen LogP contribution in [0.4, 0.5) is 5.82 Å². The minimum atomic E-state index is -0.0634. The number of aromatic nitrogens is 3. The van der Waals surface area contributed by atoms with Crippen LogP contribution in [0, 0.1) is 6.92 Å². The van der Waals surface area contributed by atoms with Crippen molar-refractivity contribution >= 4 is 16.7 Å². The third kappa shape index (κ3) is 2.81. The molecule has 2 aromatic heterocycles. The van der Waals surface area contributed by atoms with E-state index in [2.05, 4.69) is 33.5 Å². The fourth-order valence-corrected chi connectivity index (χ4v) is 2.35. The first-order valence-electron chi connectivity index (χ1n) is 7.06. The Balaban J connectivity index is 1.90. The number of nitrogens with one attached hydrogen (secondary N) is 3. The fourth-order valence-electron chi connectivity index (χ4n) is 2.35. The lowest BCUT2D eigenvalue weighted by molar-refractivity contribution is 1.02. The zero-order valence-corrected chi connectivity index (χ0v) is 12.2. The van der Waals surface area contributed by atoms with Gasteiger partial charge in [-0.05, 0) is 42.5 Å². The number of benzene rings is 1. The van der Waals surface area contributed by atoms with Crippen LogP contribution in [0.2, 0.25) is 0 Å². The van der Waals surface area contributed by atoms with Gasteiger partial charge in [0.05, 0.1) is 0 Å². The fraction of sp³-hybridized carbons (Fsp3) is 0.250. The van der Waals surface area contributed by atoms with Gasteiger partial charge in [-0.1, -0.05) is 13.0 Å². The molecule has 0 fully saturated rings. The number of rotatable bonds is 4. The summed E-state index contributed by atoms with van der Waals surface area (Å²) in [7, 11) is 0. The number of H-pyrrole nitrogens is 2. The van der Waals surface area contributed by atoms with Gasteiger partial charge in [-0.2, -0.15) is 5.10 Å². The average Bonchev–Trinajstić information content (AvgIpc) is 2.90. The SMILES string of the molecule is CCc1ccc2[nH]c(=O)c(CNc3cc(C)[nH]n3)cc2c1. The number of anilines is 1. The summed E-state index contributed by atoms with van der Waals surface area (Å²) in [4.78, 5) is 15.0. The standard InChI is InChI=1S/C16H18N4O/c1-3-11-4-5-14-12(7-11)8-13(16(21)18-14)9-17-15-6-10(2)19-20-15/h4-8H,3,9H2,1-2H3,(H,18,21)(H2,17,19,20). The molecule has 0 atom stereocenters. The highest BCUT2D eigenvalue weighted by Crippen LogP contribution is 2.15. The van der Waals surface area contributed by atoms with Gasteiger partial charge in [0.25, 0.3) is 5.56 Å². The average molecular weight is 282 g/mol. The van der Waals surface area contributed by atoms with Gasteiger partial charge >= 0.3 is 0 Å². The van der Waals surface area contributed by atoms with Gasteiger partial charge in [-0.25, -0.2) is 0 Å². The minimum absolute atomic E-state index is 0.0634. The number of aromatic amines is 2. The summed E-state index contributed by atoms with van der Waals surface area (Å²) in [5.74, 6) is 0.745. The molecular formula is C16H18N4O. The van der Waals surface area contributed by atoms with E-state index in [-0.39, 0.29) is 5.56 Å². The van der Waals surface area contributed by atoms with Crippen molar-refractivity contribution in [1.82, 2.24) is 15.2 Å². The lowest BCUT2D eigenvalue weighted by Crippen LogP contribution is -2.15. The molecule has 3 rings (SSSR count). The molecule has 0 unspecified atom stereocenters. The molecule has 0 bridgehead atoms. The topological polar surface area (TPSA) is 73.6 Å². The number of hydrogen-bond acceptors (Lipinski definition) is 3. The van der Waals surface area contributed by atoms with E-state index in [1.165, 1.54) is 5.56 Å². The predicted molar refractivity (Wildman–Crippen MR) is 84.6 cm³/mol. The van der Waals surface area contributed by atoms with Crippen LogP contribution < -0.4 is 10.9 Å². The van der Waals surface area contributed by atoms with E-state index in [0.29, 0.717) is 12.1 Å². The zero-order valence-electron chi connectivity index (χ0n) is 12.2. The minimum Gasteiger partial charge on any atom is -0.364 e. The first-order valence-corrected chi connectivity index (χ1v) is 7.06. The van der Waals surface area contributed by atoms with Crippen molar-refractivity contribution < 1.29 is 0 Å². The molecule has 0 saturated carbocycles. The summed E-state index contributed by atoms with van der Waals surface area (Å²) in [6, 6.07) is 9.98. The first kappa shape index (κ1) is 13.4. The van der Waals surface area contributed by atoms with E-state index in [9.17, 15) is 4.79 Å². The van der Waals surface area contributed by atoms with Crippen molar-refractivity contribution in [1.29, 1.82) is 0 Å². The summed E-state index contributed by atoms with van der Waals surface area (Å²) in [5.41, 5.74) is 3.76. The lowest BCUT2D eigenvalue weighted by atomic mass is 10.1. The van der Waals surface area contributed by atoms with Crippen LogP contribution in [0.3, 0.4) is 0 Å². The van der Waals surface area contributed by atoms with Gasteiger partial charge < -0.3 is 10.3 Å². The second-order valence-electron chi connectivity index (χ2n) is 5.19. The van der Waals surface area contributed by atoms with E-state index in [1.807, 2.05) is 31.2 Å². The van der Waals surface area contributed by atoms with Crippen molar-refractivity contribution in [2.75, 3.05) is 5.32 Å². The van der Waals surface area contributed by atoms with Crippen molar-refractivity contribution in [3.05, 3.63) is 57.5 Å². The Morgan fingerprint density at radius 1 is 1.24 bits per heavy atom. The highest BCUT2D eigenvalue weighted by Gasteiger charge is 2.05. The molecule has 3 aromatic rings. The maximum Gasteiger partial charge on any atom is 0.253 e. The molecular weight excluding hydrogens is 264 g/mol. The molecule has 3 N–H and O–H groups in total. The van der Waals surface area contributed by atoms with Crippen LogP contribution in [-0.4, -0.2) is 15.2 Å². The number of pyridine rings is 1. The summed E-state index contributed by atoms with van der Waals surface area (Å²) < 4.78 is 0. The molecule has 0 saturated heterocycles. The largest absolute Gasteiger partial charge is 0.364 e. The summed E-state index contributed by atoms with van der Waals surface area (Å²) in [6.45, 7) is 4.51. The van der Waals surface area contributed by atoms with Crippen LogP contribution in [0.25, 0.3) is 10.9 Å². The molecule has 0 aliphatic heterocycles. The zero-order chi connectivity index (χ0) is 14.8. The van der Waals surface area contributed by atoms with Crippen LogP contribution in [0.5, 0.6) is 0 Å². The highest BCUT2D eigenvalue weighted by molar-refractivity contribution is 5.79. The summed E-state index contributed by atoms with van der Waals surface area (Å²) in [6.07, 6.45) is 0.981. The Kier molecular flexibility index (Phi) is 3.48. The van der Waals surface area contributed by atoms with Gasteiger partial charge in [0.15, 0.2) is 0 Å². The van der Waals surface area contributed by atoms with Crippen LogP contribution in [0.1, 0.15) is 23.7 Å². The molecule has 1 aromatic carbocycles. The van der Waals surface area contributed by atoms with Crippen molar-refractivity contribution in [2.45, 2.75) is 26.8 Å². The third-order valence-electron chi connectivity index (χ3n) is 3.56. The van der Waals surface area contributed by atoms with Crippen LogP contribution >= 0.6 is 0 Å². The summed E-state index contributed by atoms with van der Waals surface area (Å²) >= 11 is 0. The van der Waals surface area contributed by atoms with Gasteiger partial charge in [0, 0.05) is 29.4 Å². The summed E-state index contributed by atoms with van der Waals surface area (Å²) in [5, 5.41) is 11.2.